The van der Waals surface area contributed by atoms with E-state index in [9.17, 15) is 5.26 Å². The van der Waals surface area contributed by atoms with Gasteiger partial charge in [-0.15, -0.1) is 0 Å². The number of nitrogens with zero attached hydrogens (tertiary/aromatic N) is 5. The maximum absolute atomic E-state index is 9.39. The van der Waals surface area contributed by atoms with Gasteiger partial charge in [-0.3, -0.25) is 5.43 Å². The van der Waals surface area contributed by atoms with Gasteiger partial charge in [0.15, 0.2) is 11.6 Å². The lowest BCUT2D eigenvalue weighted by Crippen LogP contribution is -2.22. The third-order valence-corrected chi connectivity index (χ3v) is 3.29. The molecule has 0 bridgehead atoms. The molecule has 0 saturated carbocycles. The smallest absolute Gasteiger partial charge is 0.224 e. The monoisotopic (exact) mass is 273 g/mol. The average molecular weight is 273 g/mol. The number of hydrogen-bond acceptors (Lipinski definition) is 7. The van der Waals surface area contributed by atoms with Gasteiger partial charge in [-0.1, -0.05) is 6.92 Å². The Bertz CT molecular complexity index is 553. The molecule has 0 aromatic carbocycles. The topological polar surface area (TPSA) is 103 Å². The minimum atomic E-state index is 0.151. The molecule has 7 nitrogen and oxygen atoms in total. The summed E-state index contributed by atoms with van der Waals surface area (Å²) in [6, 6.07) is 2.16. The van der Waals surface area contributed by atoms with Gasteiger partial charge in [-0.2, -0.15) is 20.3 Å². The van der Waals surface area contributed by atoms with Gasteiger partial charge in [0.25, 0.3) is 0 Å². The second-order valence-electron chi connectivity index (χ2n) is 4.75. The van der Waals surface area contributed by atoms with Crippen molar-refractivity contribution in [3.63, 3.8) is 0 Å². The average Bonchev–Trinajstić information content (AvgIpc) is 2.98. The van der Waals surface area contributed by atoms with E-state index < -0.39 is 0 Å². The van der Waals surface area contributed by atoms with E-state index in [1.807, 2.05) is 13.8 Å². The number of nitrogen functional groups attached to an aromatic ring is 1. The van der Waals surface area contributed by atoms with Crippen molar-refractivity contribution in [1.29, 1.82) is 5.26 Å². The molecule has 20 heavy (non-hydrogen) atoms. The van der Waals surface area contributed by atoms with Crippen LogP contribution in [0.15, 0.2) is 5.10 Å². The Hall–Kier alpha value is -2.36. The van der Waals surface area contributed by atoms with Crippen LogP contribution < -0.4 is 16.1 Å². The molecule has 2 rings (SSSR count). The standard InChI is InChI=1S/C13H19N7/c1-3-9(2)18-19-11-10(8-14)12(17-13(15)16-11)20-6-4-5-7-20/h3-7H2,1-2H3,(H3,15,16,17,19)/b18-9+. The molecule has 1 aromatic heterocycles. The van der Waals surface area contributed by atoms with Gasteiger partial charge in [-0.05, 0) is 26.2 Å². The molecular formula is C13H19N7. The molecule has 0 atom stereocenters. The molecule has 3 N–H and O–H groups in total. The summed E-state index contributed by atoms with van der Waals surface area (Å²) in [6.45, 7) is 5.70. The van der Waals surface area contributed by atoms with Gasteiger partial charge >= 0.3 is 0 Å². The number of nitriles is 1. The molecule has 0 unspecified atom stereocenters. The van der Waals surface area contributed by atoms with Gasteiger partial charge in [0.1, 0.15) is 11.6 Å². The largest absolute Gasteiger partial charge is 0.368 e. The van der Waals surface area contributed by atoms with Crippen molar-refractivity contribution in [3.8, 4) is 6.07 Å². The molecule has 7 heteroatoms. The van der Waals surface area contributed by atoms with E-state index in [4.69, 9.17) is 5.73 Å². The summed E-state index contributed by atoms with van der Waals surface area (Å²) >= 11 is 0. The number of hydrogen-bond donors (Lipinski definition) is 2. The molecule has 1 saturated heterocycles. The maximum Gasteiger partial charge on any atom is 0.224 e. The zero-order valence-electron chi connectivity index (χ0n) is 11.8. The highest BCUT2D eigenvalue weighted by Crippen LogP contribution is 2.27. The molecule has 1 aliphatic heterocycles. The van der Waals surface area contributed by atoms with Gasteiger partial charge in [0, 0.05) is 18.8 Å². The molecule has 2 heterocycles. The van der Waals surface area contributed by atoms with Crippen LogP contribution in [0.2, 0.25) is 0 Å². The lowest BCUT2D eigenvalue weighted by molar-refractivity contribution is 0.926. The molecule has 1 aliphatic rings. The van der Waals surface area contributed by atoms with Crippen LogP contribution in [0.3, 0.4) is 0 Å². The van der Waals surface area contributed by atoms with Gasteiger partial charge in [-0.25, -0.2) is 0 Å². The zero-order valence-corrected chi connectivity index (χ0v) is 11.8. The minimum absolute atomic E-state index is 0.151. The summed E-state index contributed by atoms with van der Waals surface area (Å²) < 4.78 is 0. The Morgan fingerprint density at radius 1 is 1.45 bits per heavy atom. The van der Waals surface area contributed by atoms with Crippen LogP contribution in [0.4, 0.5) is 17.6 Å². The predicted octanol–water partition coefficient (Wildman–Crippen LogP) is 1.73. The fourth-order valence-electron chi connectivity index (χ4n) is 2.03. The first kappa shape index (κ1) is 14.1. The van der Waals surface area contributed by atoms with Crippen molar-refractivity contribution in [2.24, 2.45) is 5.10 Å². The van der Waals surface area contributed by atoms with Crippen LogP contribution in [-0.2, 0) is 0 Å². The zero-order chi connectivity index (χ0) is 14.5. The first-order valence-corrected chi connectivity index (χ1v) is 6.77. The lowest BCUT2D eigenvalue weighted by Gasteiger charge is -2.19. The molecular weight excluding hydrogens is 254 g/mol. The summed E-state index contributed by atoms with van der Waals surface area (Å²) in [5, 5.41) is 13.6. The van der Waals surface area contributed by atoms with Crippen molar-refractivity contribution in [2.45, 2.75) is 33.1 Å². The van der Waals surface area contributed by atoms with Crippen LogP contribution >= 0.6 is 0 Å². The quantitative estimate of drug-likeness (QED) is 0.639. The van der Waals surface area contributed by atoms with Crippen LogP contribution in [0.25, 0.3) is 0 Å². The van der Waals surface area contributed by atoms with Crippen molar-refractivity contribution in [3.05, 3.63) is 5.56 Å². The Morgan fingerprint density at radius 3 is 2.75 bits per heavy atom. The SMILES string of the molecule is CC/C(C)=N/Nc1nc(N)nc(N2CCCC2)c1C#N. The van der Waals surface area contributed by atoms with Gasteiger partial charge < -0.3 is 10.6 Å². The van der Waals surface area contributed by atoms with E-state index in [0.717, 1.165) is 38.1 Å². The summed E-state index contributed by atoms with van der Waals surface area (Å²) in [7, 11) is 0. The second kappa shape index (κ2) is 6.19. The molecule has 0 amide bonds. The molecule has 1 aromatic rings. The first-order valence-electron chi connectivity index (χ1n) is 6.77. The fourth-order valence-corrected chi connectivity index (χ4v) is 2.03. The minimum Gasteiger partial charge on any atom is -0.368 e. The van der Waals surface area contributed by atoms with Crippen LogP contribution in [0.5, 0.6) is 0 Å². The van der Waals surface area contributed by atoms with Crippen LogP contribution in [0.1, 0.15) is 38.7 Å². The number of rotatable bonds is 4. The summed E-state index contributed by atoms with van der Waals surface area (Å²) in [6.07, 6.45) is 3.03. The highest BCUT2D eigenvalue weighted by Gasteiger charge is 2.21. The van der Waals surface area contributed by atoms with E-state index in [0.29, 0.717) is 17.2 Å². The second-order valence-corrected chi connectivity index (χ2v) is 4.75. The molecule has 0 radical (unpaired) electrons. The highest BCUT2D eigenvalue weighted by molar-refractivity contribution is 5.82. The Balaban J connectivity index is 2.38. The first-order chi connectivity index (χ1) is 9.65. The van der Waals surface area contributed by atoms with Crippen LogP contribution in [-0.4, -0.2) is 28.8 Å². The van der Waals surface area contributed by atoms with Crippen LogP contribution in [0, 0.1) is 11.3 Å². The molecule has 0 spiro atoms. The normalized spacial score (nSPS) is 15.2. The summed E-state index contributed by atoms with van der Waals surface area (Å²) in [5.74, 6) is 1.12. The summed E-state index contributed by atoms with van der Waals surface area (Å²) in [4.78, 5) is 10.4. The van der Waals surface area contributed by atoms with Crippen molar-refractivity contribution in [1.82, 2.24) is 9.97 Å². The third-order valence-electron chi connectivity index (χ3n) is 3.29. The molecule has 106 valence electrons. The van der Waals surface area contributed by atoms with Crippen molar-refractivity contribution >= 4 is 23.3 Å². The third kappa shape index (κ3) is 2.96. The van der Waals surface area contributed by atoms with Crippen molar-refractivity contribution in [2.75, 3.05) is 29.1 Å². The van der Waals surface area contributed by atoms with E-state index in [1.54, 1.807) is 0 Å². The summed E-state index contributed by atoms with van der Waals surface area (Å²) in [5.41, 5.74) is 9.89. The van der Waals surface area contributed by atoms with Gasteiger partial charge in [0.05, 0.1) is 0 Å². The van der Waals surface area contributed by atoms with Gasteiger partial charge in [0.2, 0.25) is 5.95 Å². The lowest BCUT2D eigenvalue weighted by atomic mass is 10.3. The predicted molar refractivity (Wildman–Crippen MR) is 79.6 cm³/mol. The number of aromatic nitrogens is 2. The number of hydrazone groups is 1. The number of nitrogens with one attached hydrogen (secondary N) is 1. The van der Waals surface area contributed by atoms with E-state index in [2.05, 4.69) is 31.5 Å². The van der Waals surface area contributed by atoms with Crippen molar-refractivity contribution < 1.29 is 0 Å². The maximum atomic E-state index is 9.39. The number of anilines is 3. The van der Waals surface area contributed by atoms with E-state index >= 15 is 0 Å². The highest BCUT2D eigenvalue weighted by atomic mass is 15.3. The fraction of sp³-hybridized carbons (Fsp3) is 0.538. The van der Waals surface area contributed by atoms with E-state index in [-0.39, 0.29) is 5.95 Å². The molecule has 0 aliphatic carbocycles. The Labute approximate surface area is 118 Å². The Kier molecular flexibility index (Phi) is 4.35. The molecule has 1 fully saturated rings. The number of nitrogens with two attached hydrogens (primary N) is 1. The Morgan fingerprint density at radius 2 is 2.15 bits per heavy atom. The van der Waals surface area contributed by atoms with E-state index in [1.165, 1.54) is 0 Å².